The van der Waals surface area contributed by atoms with Gasteiger partial charge in [0.2, 0.25) is 0 Å². The standard InChI is InChI=1S/C11H18BrN3O2/c1-7(2)6-17-14-9(4)11(12)8(3)13-15(5)10(11)16/h7H,6H2,1-5H3/b14-9+. The third-order valence-corrected chi connectivity index (χ3v) is 3.98. The molecule has 5 nitrogen and oxygen atoms in total. The van der Waals surface area contributed by atoms with Crippen LogP contribution >= 0.6 is 15.9 Å². The summed E-state index contributed by atoms with van der Waals surface area (Å²) in [6, 6.07) is 0. The summed E-state index contributed by atoms with van der Waals surface area (Å²) in [6.07, 6.45) is 0. The van der Waals surface area contributed by atoms with Gasteiger partial charge in [-0.1, -0.05) is 34.9 Å². The maximum absolute atomic E-state index is 12.0. The number of carbonyl (C=O) groups excluding carboxylic acids is 1. The van der Waals surface area contributed by atoms with Gasteiger partial charge in [0.1, 0.15) is 6.61 Å². The Kier molecular flexibility index (Phi) is 4.30. The van der Waals surface area contributed by atoms with E-state index < -0.39 is 4.32 Å². The number of oxime groups is 1. The van der Waals surface area contributed by atoms with E-state index in [2.05, 4.69) is 26.2 Å². The molecule has 0 radical (unpaired) electrons. The van der Waals surface area contributed by atoms with Gasteiger partial charge in [0.25, 0.3) is 5.91 Å². The molecule has 1 heterocycles. The van der Waals surface area contributed by atoms with Crippen molar-refractivity contribution in [3.63, 3.8) is 0 Å². The number of carbonyl (C=O) groups is 1. The van der Waals surface area contributed by atoms with Crippen LogP contribution in [0.15, 0.2) is 10.3 Å². The molecule has 1 rings (SSSR count). The number of rotatable bonds is 4. The number of halogens is 1. The average Bonchev–Trinajstić information content (AvgIpc) is 2.43. The topological polar surface area (TPSA) is 54.3 Å². The van der Waals surface area contributed by atoms with Crippen LogP contribution in [0.4, 0.5) is 0 Å². The van der Waals surface area contributed by atoms with Crippen molar-refractivity contribution in [2.24, 2.45) is 16.2 Å². The van der Waals surface area contributed by atoms with Gasteiger partial charge < -0.3 is 4.84 Å². The van der Waals surface area contributed by atoms with E-state index in [1.165, 1.54) is 5.01 Å². The minimum atomic E-state index is -0.946. The summed E-state index contributed by atoms with van der Waals surface area (Å²) < 4.78 is -0.946. The molecule has 0 aromatic rings. The fraction of sp³-hybridized carbons (Fsp3) is 0.727. The molecule has 0 saturated heterocycles. The van der Waals surface area contributed by atoms with Gasteiger partial charge in [-0.15, -0.1) is 0 Å². The van der Waals surface area contributed by atoms with Gasteiger partial charge in [-0.25, -0.2) is 5.01 Å². The smallest absolute Gasteiger partial charge is 0.271 e. The highest BCUT2D eigenvalue weighted by molar-refractivity contribution is 9.11. The zero-order chi connectivity index (χ0) is 13.2. The van der Waals surface area contributed by atoms with Gasteiger partial charge in [-0.2, -0.15) is 5.10 Å². The van der Waals surface area contributed by atoms with E-state index in [-0.39, 0.29) is 5.91 Å². The van der Waals surface area contributed by atoms with Crippen LogP contribution in [0.5, 0.6) is 0 Å². The van der Waals surface area contributed by atoms with Crippen molar-refractivity contribution in [2.45, 2.75) is 32.0 Å². The Morgan fingerprint density at radius 3 is 2.65 bits per heavy atom. The molecule has 1 unspecified atom stereocenters. The van der Waals surface area contributed by atoms with Crippen molar-refractivity contribution >= 4 is 33.3 Å². The molecule has 0 fully saturated rings. The van der Waals surface area contributed by atoms with Crippen molar-refractivity contribution in [3.05, 3.63) is 0 Å². The zero-order valence-corrected chi connectivity index (χ0v) is 12.4. The monoisotopic (exact) mass is 303 g/mol. The van der Waals surface area contributed by atoms with Gasteiger partial charge in [-0.05, 0) is 19.8 Å². The molecule has 0 aromatic carbocycles. The van der Waals surface area contributed by atoms with E-state index in [0.717, 1.165) is 0 Å². The molecular weight excluding hydrogens is 286 g/mol. The molecule has 96 valence electrons. The normalized spacial score (nSPS) is 25.6. The lowest BCUT2D eigenvalue weighted by Gasteiger charge is -2.19. The largest absolute Gasteiger partial charge is 0.396 e. The highest BCUT2D eigenvalue weighted by Gasteiger charge is 2.49. The first-order valence-electron chi connectivity index (χ1n) is 5.50. The molecule has 0 spiro atoms. The summed E-state index contributed by atoms with van der Waals surface area (Å²) in [6.45, 7) is 8.15. The number of amides is 1. The molecule has 17 heavy (non-hydrogen) atoms. The fourth-order valence-electron chi connectivity index (χ4n) is 1.48. The third-order valence-electron chi connectivity index (χ3n) is 2.50. The van der Waals surface area contributed by atoms with E-state index in [9.17, 15) is 4.79 Å². The summed E-state index contributed by atoms with van der Waals surface area (Å²) in [7, 11) is 1.62. The van der Waals surface area contributed by atoms with Crippen molar-refractivity contribution in [3.8, 4) is 0 Å². The Balaban J connectivity index is 2.84. The second-order valence-corrected chi connectivity index (χ2v) is 5.73. The first-order chi connectivity index (χ1) is 7.80. The Morgan fingerprint density at radius 2 is 2.24 bits per heavy atom. The van der Waals surface area contributed by atoms with Crippen LogP contribution in [0, 0.1) is 5.92 Å². The van der Waals surface area contributed by atoms with Crippen LogP contribution in [0.25, 0.3) is 0 Å². The average molecular weight is 304 g/mol. The van der Waals surface area contributed by atoms with Crippen LogP contribution in [0.1, 0.15) is 27.7 Å². The summed E-state index contributed by atoms with van der Waals surface area (Å²) >= 11 is 3.42. The van der Waals surface area contributed by atoms with Gasteiger partial charge in [-0.3, -0.25) is 4.79 Å². The molecule has 0 bridgehead atoms. The molecule has 1 aliphatic heterocycles. The maximum atomic E-state index is 12.0. The van der Waals surface area contributed by atoms with Crippen LogP contribution in [0.2, 0.25) is 0 Å². The predicted molar refractivity (Wildman–Crippen MR) is 71.4 cm³/mol. The van der Waals surface area contributed by atoms with E-state index in [4.69, 9.17) is 4.84 Å². The number of alkyl halides is 1. The fourth-order valence-corrected chi connectivity index (χ4v) is 1.89. The first kappa shape index (κ1) is 14.2. The third kappa shape index (κ3) is 2.68. The van der Waals surface area contributed by atoms with Gasteiger partial charge in [0.05, 0.1) is 11.4 Å². The lowest BCUT2D eigenvalue weighted by atomic mass is 9.99. The minimum absolute atomic E-state index is 0.149. The second-order valence-electron chi connectivity index (χ2n) is 4.54. The molecule has 1 atom stereocenters. The highest BCUT2D eigenvalue weighted by atomic mass is 79.9. The van der Waals surface area contributed by atoms with Crippen LogP contribution in [0.3, 0.4) is 0 Å². The van der Waals surface area contributed by atoms with Gasteiger partial charge >= 0.3 is 0 Å². The number of nitrogens with zero attached hydrogens (tertiary/aromatic N) is 3. The van der Waals surface area contributed by atoms with E-state index in [1.54, 1.807) is 20.9 Å². The van der Waals surface area contributed by atoms with Crippen molar-refractivity contribution in [2.75, 3.05) is 13.7 Å². The molecule has 6 heteroatoms. The van der Waals surface area contributed by atoms with Crippen LogP contribution < -0.4 is 0 Å². The number of hydrogen-bond acceptors (Lipinski definition) is 4. The number of hydrazone groups is 1. The predicted octanol–water partition coefficient (Wildman–Crippen LogP) is 2.02. The van der Waals surface area contributed by atoms with Crippen molar-refractivity contribution < 1.29 is 9.63 Å². The molecule has 1 aliphatic rings. The molecule has 1 amide bonds. The Hall–Kier alpha value is -0.910. The van der Waals surface area contributed by atoms with Gasteiger partial charge in [0, 0.05) is 7.05 Å². The second kappa shape index (κ2) is 5.16. The SMILES string of the molecule is CC1=NN(C)C(=O)C1(Br)/C(C)=N/OCC(C)C. The minimum Gasteiger partial charge on any atom is -0.396 e. The van der Waals surface area contributed by atoms with Gasteiger partial charge in [0.15, 0.2) is 4.32 Å². The maximum Gasteiger partial charge on any atom is 0.271 e. The highest BCUT2D eigenvalue weighted by Crippen LogP contribution is 2.30. The first-order valence-corrected chi connectivity index (χ1v) is 6.29. The summed E-state index contributed by atoms with van der Waals surface area (Å²) in [4.78, 5) is 17.2. The quantitative estimate of drug-likeness (QED) is 0.453. The van der Waals surface area contributed by atoms with E-state index in [1.807, 2.05) is 13.8 Å². The lowest BCUT2D eigenvalue weighted by Crippen LogP contribution is -2.45. The Bertz CT molecular complexity index is 379. The van der Waals surface area contributed by atoms with Crippen molar-refractivity contribution in [1.82, 2.24) is 5.01 Å². The molecular formula is C11H18BrN3O2. The molecule has 0 N–H and O–H groups in total. The van der Waals surface area contributed by atoms with Crippen molar-refractivity contribution in [1.29, 1.82) is 0 Å². The summed E-state index contributed by atoms with van der Waals surface area (Å²) in [5, 5.41) is 9.41. The molecule has 0 aromatic heterocycles. The van der Waals surface area contributed by atoms with Crippen LogP contribution in [-0.2, 0) is 9.63 Å². The molecule has 0 aliphatic carbocycles. The number of hydrogen-bond donors (Lipinski definition) is 0. The summed E-state index contributed by atoms with van der Waals surface area (Å²) in [5.74, 6) is 0.249. The summed E-state index contributed by atoms with van der Waals surface area (Å²) in [5.41, 5.74) is 1.23. The van der Waals surface area contributed by atoms with E-state index in [0.29, 0.717) is 23.9 Å². The molecule has 0 saturated carbocycles. The lowest BCUT2D eigenvalue weighted by molar-refractivity contribution is -0.127. The zero-order valence-electron chi connectivity index (χ0n) is 10.8. The van der Waals surface area contributed by atoms with Crippen LogP contribution in [-0.4, -0.2) is 40.3 Å². The van der Waals surface area contributed by atoms with E-state index >= 15 is 0 Å². The Labute approximate surface area is 110 Å². The Morgan fingerprint density at radius 1 is 1.65 bits per heavy atom.